The van der Waals surface area contributed by atoms with E-state index in [1.165, 1.54) is 18.2 Å². The molecule has 0 aliphatic carbocycles. The molecule has 4 nitrogen and oxygen atoms in total. The monoisotopic (exact) mass is 322 g/mol. The minimum atomic E-state index is -0.557. The largest absolute Gasteiger partial charge is 0.484 e. The summed E-state index contributed by atoms with van der Waals surface area (Å²) in [7, 11) is 0. The molecule has 112 valence electrons. The molecule has 2 N–H and O–H groups in total. The highest BCUT2D eigenvalue weighted by molar-refractivity contribution is 6.30. The fourth-order valence-electron chi connectivity index (χ4n) is 1.95. The van der Waals surface area contributed by atoms with E-state index in [9.17, 15) is 9.18 Å². The van der Waals surface area contributed by atoms with Gasteiger partial charge in [-0.1, -0.05) is 11.6 Å². The zero-order valence-corrected chi connectivity index (χ0v) is 12.4. The smallest absolute Gasteiger partial charge is 0.258 e. The molecule has 0 unspecified atom stereocenters. The standard InChI is InChI=1S/C13H16ClFN2O2.ClH/c14-11-2-1-10(7-12(11)15)19-8-13(18)17-9-3-5-16-6-4-9;/h1-2,7,9,16H,3-6,8H2,(H,17,18);1H. The average molecular weight is 323 g/mol. The first-order valence-electron chi connectivity index (χ1n) is 6.23. The van der Waals surface area contributed by atoms with E-state index in [-0.39, 0.29) is 36.0 Å². The number of carbonyl (C=O) groups is 1. The van der Waals surface area contributed by atoms with Crippen molar-refractivity contribution >= 4 is 29.9 Å². The zero-order chi connectivity index (χ0) is 13.7. The number of piperidine rings is 1. The van der Waals surface area contributed by atoms with Crippen molar-refractivity contribution in [3.05, 3.63) is 29.0 Å². The summed E-state index contributed by atoms with van der Waals surface area (Å²) in [4.78, 5) is 11.7. The topological polar surface area (TPSA) is 50.4 Å². The Kier molecular flexibility index (Phi) is 7.05. The fraction of sp³-hybridized carbons (Fsp3) is 0.462. The number of amides is 1. The number of hydrogen-bond donors (Lipinski definition) is 2. The summed E-state index contributed by atoms with van der Waals surface area (Å²) in [6.07, 6.45) is 1.84. The summed E-state index contributed by atoms with van der Waals surface area (Å²) in [6.45, 7) is 1.70. The minimum absolute atomic E-state index is 0. The Morgan fingerprint density at radius 3 is 2.80 bits per heavy atom. The normalized spacial score (nSPS) is 15.3. The molecule has 0 bridgehead atoms. The van der Waals surface area contributed by atoms with Crippen LogP contribution in [0.15, 0.2) is 18.2 Å². The molecule has 0 spiro atoms. The van der Waals surface area contributed by atoms with Crippen LogP contribution in [0, 0.1) is 5.82 Å². The Balaban J connectivity index is 0.00000200. The lowest BCUT2D eigenvalue weighted by atomic mass is 10.1. The van der Waals surface area contributed by atoms with Crippen molar-refractivity contribution < 1.29 is 13.9 Å². The van der Waals surface area contributed by atoms with Crippen LogP contribution in [0.25, 0.3) is 0 Å². The molecule has 20 heavy (non-hydrogen) atoms. The van der Waals surface area contributed by atoms with E-state index in [0.29, 0.717) is 5.75 Å². The summed E-state index contributed by atoms with van der Waals surface area (Å²) >= 11 is 5.56. The van der Waals surface area contributed by atoms with Gasteiger partial charge in [0.1, 0.15) is 11.6 Å². The van der Waals surface area contributed by atoms with Crippen LogP contribution in [0.1, 0.15) is 12.8 Å². The second-order valence-electron chi connectivity index (χ2n) is 4.46. The maximum atomic E-state index is 13.2. The van der Waals surface area contributed by atoms with Crippen LogP contribution in [0.5, 0.6) is 5.75 Å². The molecule has 1 aromatic rings. The van der Waals surface area contributed by atoms with E-state index in [4.69, 9.17) is 16.3 Å². The average Bonchev–Trinajstić information content (AvgIpc) is 2.41. The number of ether oxygens (including phenoxy) is 1. The Bertz CT molecular complexity index is 454. The third-order valence-electron chi connectivity index (χ3n) is 2.97. The van der Waals surface area contributed by atoms with Crippen molar-refractivity contribution in [2.75, 3.05) is 19.7 Å². The third kappa shape index (κ3) is 5.15. The highest BCUT2D eigenvalue weighted by Gasteiger charge is 2.15. The van der Waals surface area contributed by atoms with Crippen molar-refractivity contribution in [1.29, 1.82) is 0 Å². The van der Waals surface area contributed by atoms with E-state index in [0.717, 1.165) is 25.9 Å². The molecule has 0 aromatic heterocycles. The van der Waals surface area contributed by atoms with Crippen LogP contribution >= 0.6 is 24.0 Å². The summed E-state index contributed by atoms with van der Waals surface area (Å²) in [5.41, 5.74) is 0. The Labute approximate surface area is 128 Å². The van der Waals surface area contributed by atoms with Gasteiger partial charge in [0.15, 0.2) is 6.61 Å². The third-order valence-corrected chi connectivity index (χ3v) is 3.27. The van der Waals surface area contributed by atoms with Gasteiger partial charge in [-0.3, -0.25) is 4.79 Å². The van der Waals surface area contributed by atoms with Crippen LogP contribution in [0.3, 0.4) is 0 Å². The van der Waals surface area contributed by atoms with Gasteiger partial charge in [-0.25, -0.2) is 4.39 Å². The summed E-state index contributed by atoms with van der Waals surface area (Å²) in [6, 6.07) is 4.29. The van der Waals surface area contributed by atoms with E-state index in [1.807, 2.05) is 0 Å². The molecule has 1 fully saturated rings. The van der Waals surface area contributed by atoms with Crippen molar-refractivity contribution in [1.82, 2.24) is 10.6 Å². The van der Waals surface area contributed by atoms with Crippen LogP contribution in [0.2, 0.25) is 5.02 Å². The molecular weight excluding hydrogens is 306 g/mol. The number of rotatable bonds is 4. The molecule has 7 heteroatoms. The summed E-state index contributed by atoms with van der Waals surface area (Å²) < 4.78 is 18.4. The highest BCUT2D eigenvalue weighted by Crippen LogP contribution is 2.20. The van der Waals surface area contributed by atoms with Crippen LogP contribution in [-0.2, 0) is 4.79 Å². The maximum Gasteiger partial charge on any atom is 0.258 e. The molecule has 0 radical (unpaired) electrons. The Morgan fingerprint density at radius 2 is 2.15 bits per heavy atom. The van der Waals surface area contributed by atoms with Gasteiger partial charge >= 0.3 is 0 Å². The van der Waals surface area contributed by atoms with E-state index in [2.05, 4.69) is 10.6 Å². The van der Waals surface area contributed by atoms with E-state index in [1.54, 1.807) is 0 Å². The lowest BCUT2D eigenvalue weighted by Crippen LogP contribution is -2.44. The molecule has 0 saturated carbocycles. The minimum Gasteiger partial charge on any atom is -0.484 e. The Morgan fingerprint density at radius 1 is 1.45 bits per heavy atom. The SMILES string of the molecule is Cl.O=C(COc1ccc(Cl)c(F)c1)NC1CCNCC1. The first-order chi connectivity index (χ1) is 9.15. The predicted octanol–water partition coefficient (Wildman–Crippen LogP) is 2.15. The van der Waals surface area contributed by atoms with Gasteiger partial charge in [-0.05, 0) is 38.1 Å². The van der Waals surface area contributed by atoms with Gasteiger partial charge in [0.25, 0.3) is 5.91 Å². The van der Waals surface area contributed by atoms with E-state index < -0.39 is 5.82 Å². The van der Waals surface area contributed by atoms with Gasteiger partial charge in [-0.2, -0.15) is 0 Å². The molecule has 2 rings (SSSR count). The van der Waals surface area contributed by atoms with Gasteiger partial charge in [-0.15, -0.1) is 12.4 Å². The molecular formula is C13H17Cl2FN2O2. The van der Waals surface area contributed by atoms with Gasteiger partial charge in [0, 0.05) is 12.1 Å². The molecule has 1 aliphatic heterocycles. The second kappa shape index (κ2) is 8.29. The highest BCUT2D eigenvalue weighted by atomic mass is 35.5. The molecule has 1 aliphatic rings. The van der Waals surface area contributed by atoms with Crippen molar-refractivity contribution in [2.45, 2.75) is 18.9 Å². The van der Waals surface area contributed by atoms with Crippen molar-refractivity contribution in [2.24, 2.45) is 0 Å². The molecule has 1 aromatic carbocycles. The Hall–Kier alpha value is -1.04. The second-order valence-corrected chi connectivity index (χ2v) is 4.86. The van der Waals surface area contributed by atoms with Gasteiger partial charge in [0.2, 0.25) is 0 Å². The summed E-state index contributed by atoms with van der Waals surface area (Å²) in [5.74, 6) is -0.456. The van der Waals surface area contributed by atoms with Gasteiger partial charge in [0.05, 0.1) is 5.02 Å². The maximum absolute atomic E-state index is 13.2. The quantitative estimate of drug-likeness (QED) is 0.893. The van der Waals surface area contributed by atoms with Crippen molar-refractivity contribution in [3.63, 3.8) is 0 Å². The molecule has 1 amide bonds. The van der Waals surface area contributed by atoms with Crippen LogP contribution in [0.4, 0.5) is 4.39 Å². The lowest BCUT2D eigenvalue weighted by molar-refractivity contribution is -0.123. The van der Waals surface area contributed by atoms with Gasteiger partial charge < -0.3 is 15.4 Å². The zero-order valence-electron chi connectivity index (χ0n) is 10.8. The molecule has 1 saturated heterocycles. The molecule has 0 atom stereocenters. The first-order valence-corrected chi connectivity index (χ1v) is 6.61. The van der Waals surface area contributed by atoms with Crippen molar-refractivity contribution in [3.8, 4) is 5.75 Å². The predicted molar refractivity (Wildman–Crippen MR) is 78.2 cm³/mol. The van der Waals surface area contributed by atoms with Crippen LogP contribution in [-0.4, -0.2) is 31.6 Å². The number of nitrogens with one attached hydrogen (secondary N) is 2. The van der Waals surface area contributed by atoms with Crippen LogP contribution < -0.4 is 15.4 Å². The fourth-order valence-corrected chi connectivity index (χ4v) is 2.07. The lowest BCUT2D eigenvalue weighted by Gasteiger charge is -2.23. The number of halogens is 3. The number of hydrogen-bond acceptors (Lipinski definition) is 3. The first kappa shape index (κ1) is 17.0. The molecule has 1 heterocycles. The van der Waals surface area contributed by atoms with E-state index >= 15 is 0 Å². The number of benzene rings is 1. The number of carbonyl (C=O) groups excluding carboxylic acids is 1. The summed E-state index contributed by atoms with van der Waals surface area (Å²) in [5, 5.41) is 6.15.